The molecule has 3 heteroatoms. The van der Waals surface area contributed by atoms with Gasteiger partial charge in [0, 0.05) is 42.5 Å². The van der Waals surface area contributed by atoms with E-state index in [2.05, 4.69) is 0 Å². The molecule has 0 unspecified atom stereocenters. The minimum Gasteiger partial charge on any atom is -0.166 e. The number of hydrogen-bond donors (Lipinski definition) is 0. The van der Waals surface area contributed by atoms with Crippen molar-refractivity contribution in [3.8, 4) is 0 Å². The number of alkyl halides is 3. The molecule has 4 atom stereocenters. The molecule has 0 spiro atoms. The van der Waals surface area contributed by atoms with Gasteiger partial charge in [0.2, 0.25) is 0 Å². The van der Waals surface area contributed by atoms with Gasteiger partial charge in [0.15, 0.2) is 0 Å². The SMILES string of the molecule is FC(F)(F)c1ccc([C+]2C[C@@H]3C[C@H]2[C@H]2CCC[C@@H]32)cc1. The van der Waals surface area contributed by atoms with Crippen LogP contribution in [0.5, 0.6) is 0 Å². The number of benzene rings is 1. The van der Waals surface area contributed by atoms with Gasteiger partial charge in [-0.15, -0.1) is 0 Å². The molecule has 0 saturated heterocycles. The Balaban J connectivity index is 1.57. The Morgan fingerprint density at radius 3 is 2.40 bits per heavy atom. The summed E-state index contributed by atoms with van der Waals surface area (Å²) in [5.41, 5.74) is 0.514. The molecule has 3 aliphatic carbocycles. The molecule has 2 bridgehead atoms. The third-order valence-corrected chi connectivity index (χ3v) is 5.82. The zero-order chi connectivity index (χ0) is 13.9. The van der Waals surface area contributed by atoms with E-state index < -0.39 is 11.7 Å². The van der Waals surface area contributed by atoms with Crippen LogP contribution in [0.4, 0.5) is 13.2 Å². The Labute approximate surface area is 117 Å². The third-order valence-electron chi connectivity index (χ3n) is 5.82. The van der Waals surface area contributed by atoms with Crippen molar-refractivity contribution in [3.05, 3.63) is 41.3 Å². The zero-order valence-corrected chi connectivity index (χ0v) is 11.3. The first kappa shape index (κ1) is 12.6. The summed E-state index contributed by atoms with van der Waals surface area (Å²) < 4.78 is 37.8. The number of fused-ring (bicyclic) bond motifs is 5. The Morgan fingerprint density at radius 1 is 1.00 bits per heavy atom. The second kappa shape index (κ2) is 4.19. The second-order valence-electron chi connectivity index (χ2n) is 6.67. The first-order valence-corrected chi connectivity index (χ1v) is 7.57. The van der Waals surface area contributed by atoms with Gasteiger partial charge in [-0.3, -0.25) is 0 Å². The van der Waals surface area contributed by atoms with Crippen molar-refractivity contribution in [1.82, 2.24) is 0 Å². The fourth-order valence-electron chi connectivity index (χ4n) is 5.05. The van der Waals surface area contributed by atoms with Crippen LogP contribution in [0.15, 0.2) is 24.3 Å². The molecule has 106 valence electrons. The number of rotatable bonds is 1. The van der Waals surface area contributed by atoms with Crippen LogP contribution in [0.2, 0.25) is 0 Å². The lowest BCUT2D eigenvalue weighted by Crippen LogP contribution is -2.23. The predicted molar refractivity (Wildman–Crippen MR) is 70.8 cm³/mol. The van der Waals surface area contributed by atoms with Crippen LogP contribution in [-0.2, 0) is 6.18 Å². The summed E-state index contributed by atoms with van der Waals surface area (Å²) in [6, 6.07) is 5.84. The van der Waals surface area contributed by atoms with E-state index in [0.29, 0.717) is 5.92 Å². The molecule has 1 aromatic carbocycles. The Bertz CT molecular complexity index is 502. The first-order valence-electron chi connectivity index (χ1n) is 7.57. The van der Waals surface area contributed by atoms with Gasteiger partial charge in [-0.05, 0) is 37.0 Å². The van der Waals surface area contributed by atoms with Crippen LogP contribution in [0, 0.1) is 29.6 Å². The minimum atomic E-state index is -4.23. The van der Waals surface area contributed by atoms with E-state index in [0.717, 1.165) is 29.7 Å². The summed E-state index contributed by atoms with van der Waals surface area (Å²) >= 11 is 0. The average Bonchev–Trinajstić information content (AvgIpc) is 3.10. The summed E-state index contributed by atoms with van der Waals surface area (Å²) in [5.74, 6) is 4.64. The average molecular weight is 279 g/mol. The highest BCUT2D eigenvalue weighted by atomic mass is 19.4. The molecule has 0 aliphatic heterocycles. The quantitative estimate of drug-likeness (QED) is 0.628. The number of hydrogen-bond acceptors (Lipinski definition) is 0. The van der Waals surface area contributed by atoms with E-state index in [-0.39, 0.29) is 0 Å². The molecule has 0 nitrogen and oxygen atoms in total. The van der Waals surface area contributed by atoms with Gasteiger partial charge in [-0.1, -0.05) is 6.42 Å². The van der Waals surface area contributed by atoms with E-state index in [4.69, 9.17) is 0 Å². The van der Waals surface area contributed by atoms with E-state index in [1.54, 1.807) is 12.1 Å². The Morgan fingerprint density at radius 2 is 1.70 bits per heavy atom. The van der Waals surface area contributed by atoms with Gasteiger partial charge >= 0.3 is 6.18 Å². The standard InChI is InChI=1S/C17H18F3/c18-17(19,20)12-6-4-10(5-7-12)15-8-11-9-16(15)14-3-1-2-13(11)14/h4-7,11,13-14,16H,1-3,8-9H2/q+1/t11-,13+,14+,16+/m1/s1. The van der Waals surface area contributed by atoms with E-state index in [1.807, 2.05) is 0 Å². The van der Waals surface area contributed by atoms with Crippen molar-refractivity contribution in [2.45, 2.75) is 38.3 Å². The molecule has 3 fully saturated rings. The summed E-state index contributed by atoms with van der Waals surface area (Å²) in [4.78, 5) is 0. The highest BCUT2D eigenvalue weighted by Crippen LogP contribution is 2.63. The molecule has 0 N–H and O–H groups in total. The van der Waals surface area contributed by atoms with Crippen molar-refractivity contribution in [1.29, 1.82) is 0 Å². The molecule has 3 aliphatic rings. The van der Waals surface area contributed by atoms with Crippen molar-refractivity contribution < 1.29 is 13.2 Å². The maximum atomic E-state index is 12.6. The van der Waals surface area contributed by atoms with Crippen molar-refractivity contribution in [2.24, 2.45) is 23.7 Å². The summed E-state index contributed by atoms with van der Waals surface area (Å²) in [6.07, 6.45) is 2.24. The largest absolute Gasteiger partial charge is 0.418 e. The molecule has 0 aromatic heterocycles. The van der Waals surface area contributed by atoms with E-state index in [1.165, 1.54) is 43.7 Å². The van der Waals surface area contributed by atoms with Crippen LogP contribution in [0.3, 0.4) is 0 Å². The van der Waals surface area contributed by atoms with Crippen LogP contribution in [0.1, 0.15) is 43.2 Å². The van der Waals surface area contributed by atoms with E-state index >= 15 is 0 Å². The Hall–Kier alpha value is -1.12. The first-order chi connectivity index (χ1) is 9.54. The fourth-order valence-corrected chi connectivity index (χ4v) is 5.05. The molecule has 4 rings (SSSR count). The maximum Gasteiger partial charge on any atom is 0.418 e. The van der Waals surface area contributed by atoms with Crippen molar-refractivity contribution >= 4 is 0 Å². The molecule has 0 radical (unpaired) electrons. The molecular weight excluding hydrogens is 261 g/mol. The van der Waals surface area contributed by atoms with Crippen LogP contribution < -0.4 is 0 Å². The van der Waals surface area contributed by atoms with Gasteiger partial charge in [-0.25, -0.2) is 0 Å². The maximum absolute atomic E-state index is 12.6. The highest BCUT2D eigenvalue weighted by molar-refractivity contribution is 5.39. The monoisotopic (exact) mass is 279 g/mol. The van der Waals surface area contributed by atoms with E-state index in [9.17, 15) is 13.2 Å². The summed E-state index contributed by atoms with van der Waals surface area (Å²) in [5, 5.41) is 0. The molecule has 0 amide bonds. The summed E-state index contributed by atoms with van der Waals surface area (Å²) in [7, 11) is 0. The van der Waals surface area contributed by atoms with Gasteiger partial charge in [0.05, 0.1) is 5.56 Å². The normalized spacial score (nSPS) is 35.6. The Kier molecular flexibility index (Phi) is 2.64. The minimum absolute atomic E-state index is 0.538. The van der Waals surface area contributed by atoms with Gasteiger partial charge in [-0.2, -0.15) is 13.2 Å². The molecule has 0 heterocycles. The van der Waals surface area contributed by atoms with Crippen LogP contribution >= 0.6 is 0 Å². The topological polar surface area (TPSA) is 0 Å². The molecular formula is C17H18F3+. The van der Waals surface area contributed by atoms with Gasteiger partial charge in [0.25, 0.3) is 0 Å². The fraction of sp³-hybridized carbons (Fsp3) is 0.588. The highest BCUT2D eigenvalue weighted by Gasteiger charge is 2.57. The number of halogens is 3. The molecule has 20 heavy (non-hydrogen) atoms. The lowest BCUT2D eigenvalue weighted by atomic mass is 9.73. The summed E-state index contributed by atoms with van der Waals surface area (Å²) in [6.45, 7) is 0. The third kappa shape index (κ3) is 1.78. The molecule has 3 saturated carbocycles. The lowest BCUT2D eigenvalue weighted by Gasteiger charge is -2.27. The van der Waals surface area contributed by atoms with Crippen molar-refractivity contribution in [3.63, 3.8) is 0 Å². The molecule has 1 aromatic rings. The smallest absolute Gasteiger partial charge is 0.166 e. The van der Waals surface area contributed by atoms with Crippen LogP contribution in [0.25, 0.3) is 0 Å². The zero-order valence-electron chi connectivity index (χ0n) is 11.3. The van der Waals surface area contributed by atoms with Gasteiger partial charge in [0.1, 0.15) is 5.56 Å². The van der Waals surface area contributed by atoms with Crippen molar-refractivity contribution in [2.75, 3.05) is 0 Å². The van der Waals surface area contributed by atoms with Crippen LogP contribution in [-0.4, -0.2) is 0 Å². The predicted octanol–water partition coefficient (Wildman–Crippen LogP) is 5.08. The second-order valence-corrected chi connectivity index (χ2v) is 6.67. The lowest BCUT2D eigenvalue weighted by molar-refractivity contribution is -0.137. The van der Waals surface area contributed by atoms with Gasteiger partial charge < -0.3 is 0 Å².